The maximum absolute atomic E-state index is 3.52. The summed E-state index contributed by atoms with van der Waals surface area (Å²) in [5.41, 5.74) is 0. The van der Waals surface area contributed by atoms with Crippen LogP contribution in [0.2, 0.25) is 0 Å². The highest BCUT2D eigenvalue weighted by Gasteiger charge is 1.98. The van der Waals surface area contributed by atoms with Crippen molar-refractivity contribution in [2.45, 2.75) is 39.5 Å². The summed E-state index contributed by atoms with van der Waals surface area (Å²) in [5.74, 6) is 2.10. The Kier molecular flexibility index (Phi) is 10.6. The summed E-state index contributed by atoms with van der Waals surface area (Å²) in [4.78, 5) is 0. The molecular weight excluding hydrogens is 178 g/mol. The molecule has 0 saturated heterocycles. The van der Waals surface area contributed by atoms with E-state index in [0.29, 0.717) is 0 Å². The summed E-state index contributed by atoms with van der Waals surface area (Å²) in [6, 6.07) is 0. The molecule has 0 heterocycles. The molecule has 2 heteroatoms. The van der Waals surface area contributed by atoms with E-state index in [2.05, 4.69) is 25.4 Å². The van der Waals surface area contributed by atoms with Gasteiger partial charge in [-0.25, -0.2) is 0 Å². The molecular formula is C11H25NS. The van der Waals surface area contributed by atoms with Gasteiger partial charge in [0.1, 0.15) is 0 Å². The van der Waals surface area contributed by atoms with E-state index in [9.17, 15) is 0 Å². The highest BCUT2D eigenvalue weighted by Crippen LogP contribution is 2.03. The standard InChI is InChI=1S/C11H25NS/c1-4-5-6-7-8-12-9-11(2)10-13-3/h11-12H,4-10H2,1-3H3. The number of hydrogen-bond donors (Lipinski definition) is 1. The molecule has 0 aromatic heterocycles. The van der Waals surface area contributed by atoms with Crippen molar-refractivity contribution in [2.24, 2.45) is 5.92 Å². The Morgan fingerprint density at radius 2 is 2.00 bits per heavy atom. The van der Waals surface area contributed by atoms with E-state index in [4.69, 9.17) is 0 Å². The van der Waals surface area contributed by atoms with Crippen molar-refractivity contribution in [1.29, 1.82) is 0 Å². The van der Waals surface area contributed by atoms with E-state index < -0.39 is 0 Å². The zero-order valence-electron chi connectivity index (χ0n) is 9.44. The minimum absolute atomic E-state index is 0.821. The number of unbranched alkanes of at least 4 members (excludes halogenated alkanes) is 3. The molecule has 0 fully saturated rings. The maximum Gasteiger partial charge on any atom is -0.00153 e. The molecule has 0 aliphatic carbocycles. The van der Waals surface area contributed by atoms with E-state index in [0.717, 1.165) is 5.92 Å². The third-order valence-electron chi connectivity index (χ3n) is 2.15. The predicted molar refractivity (Wildman–Crippen MR) is 64.6 cm³/mol. The van der Waals surface area contributed by atoms with Gasteiger partial charge in [0.25, 0.3) is 0 Å². The molecule has 0 amide bonds. The van der Waals surface area contributed by atoms with Gasteiger partial charge in [-0.15, -0.1) is 0 Å². The molecule has 1 N–H and O–H groups in total. The number of nitrogens with one attached hydrogen (secondary N) is 1. The normalized spacial score (nSPS) is 13.2. The van der Waals surface area contributed by atoms with Crippen LogP contribution in [-0.2, 0) is 0 Å². The van der Waals surface area contributed by atoms with Gasteiger partial charge in [0.2, 0.25) is 0 Å². The maximum atomic E-state index is 3.52. The molecule has 0 rings (SSSR count). The van der Waals surface area contributed by atoms with E-state index in [1.807, 2.05) is 11.8 Å². The van der Waals surface area contributed by atoms with Crippen LogP contribution in [0.5, 0.6) is 0 Å². The van der Waals surface area contributed by atoms with Crippen molar-refractivity contribution < 1.29 is 0 Å². The van der Waals surface area contributed by atoms with Crippen molar-refractivity contribution in [3.05, 3.63) is 0 Å². The Bertz CT molecular complexity index is 96.1. The quantitative estimate of drug-likeness (QED) is 0.578. The molecule has 80 valence electrons. The first-order chi connectivity index (χ1) is 6.31. The molecule has 0 aromatic rings. The summed E-state index contributed by atoms with van der Waals surface area (Å²) in [6.45, 7) is 6.97. The minimum Gasteiger partial charge on any atom is -0.316 e. The second kappa shape index (κ2) is 10.4. The van der Waals surface area contributed by atoms with Crippen LogP contribution in [0.4, 0.5) is 0 Å². The second-order valence-electron chi connectivity index (χ2n) is 3.83. The molecule has 0 aromatic carbocycles. The Morgan fingerprint density at radius 1 is 1.23 bits per heavy atom. The van der Waals surface area contributed by atoms with Crippen LogP contribution in [0, 0.1) is 5.92 Å². The fourth-order valence-electron chi connectivity index (χ4n) is 1.37. The van der Waals surface area contributed by atoms with E-state index in [1.54, 1.807) is 0 Å². The van der Waals surface area contributed by atoms with Gasteiger partial charge >= 0.3 is 0 Å². The van der Waals surface area contributed by atoms with Gasteiger partial charge in [0, 0.05) is 0 Å². The van der Waals surface area contributed by atoms with E-state index >= 15 is 0 Å². The predicted octanol–water partition coefficient (Wildman–Crippen LogP) is 3.16. The van der Waals surface area contributed by atoms with Crippen molar-refractivity contribution in [3.8, 4) is 0 Å². The summed E-state index contributed by atoms with van der Waals surface area (Å²) in [7, 11) is 0. The molecule has 1 unspecified atom stereocenters. The molecule has 0 spiro atoms. The number of thioether (sulfide) groups is 1. The fourth-order valence-corrected chi connectivity index (χ4v) is 2.06. The highest BCUT2D eigenvalue weighted by molar-refractivity contribution is 7.98. The van der Waals surface area contributed by atoms with Crippen molar-refractivity contribution in [3.63, 3.8) is 0 Å². The molecule has 13 heavy (non-hydrogen) atoms. The van der Waals surface area contributed by atoms with Crippen LogP contribution in [-0.4, -0.2) is 25.1 Å². The molecule has 0 saturated carbocycles. The first-order valence-electron chi connectivity index (χ1n) is 5.50. The van der Waals surface area contributed by atoms with Crippen LogP contribution < -0.4 is 5.32 Å². The molecule has 0 aliphatic heterocycles. The molecule has 0 radical (unpaired) electrons. The third-order valence-corrected chi connectivity index (χ3v) is 3.05. The number of hydrogen-bond acceptors (Lipinski definition) is 2. The van der Waals surface area contributed by atoms with Crippen LogP contribution in [0.15, 0.2) is 0 Å². The van der Waals surface area contributed by atoms with E-state index in [-0.39, 0.29) is 0 Å². The SMILES string of the molecule is CCCCCCNCC(C)CSC. The lowest BCUT2D eigenvalue weighted by atomic mass is 10.2. The van der Waals surface area contributed by atoms with Crippen LogP contribution in [0.3, 0.4) is 0 Å². The lowest BCUT2D eigenvalue weighted by molar-refractivity contribution is 0.534. The van der Waals surface area contributed by atoms with Gasteiger partial charge < -0.3 is 5.32 Å². The average molecular weight is 203 g/mol. The van der Waals surface area contributed by atoms with Gasteiger partial charge in [-0.3, -0.25) is 0 Å². The van der Waals surface area contributed by atoms with E-state index in [1.165, 1.54) is 44.5 Å². The Hall–Kier alpha value is 0.310. The van der Waals surface area contributed by atoms with Crippen LogP contribution in [0.25, 0.3) is 0 Å². The first-order valence-corrected chi connectivity index (χ1v) is 6.90. The van der Waals surface area contributed by atoms with Crippen molar-refractivity contribution >= 4 is 11.8 Å². The fraction of sp³-hybridized carbons (Fsp3) is 1.00. The number of rotatable bonds is 9. The molecule has 0 aliphatic rings. The lowest BCUT2D eigenvalue weighted by Crippen LogP contribution is -2.23. The summed E-state index contributed by atoms with van der Waals surface area (Å²) in [5, 5.41) is 3.52. The summed E-state index contributed by atoms with van der Waals surface area (Å²) in [6.07, 6.45) is 7.64. The van der Waals surface area contributed by atoms with Gasteiger partial charge in [-0.1, -0.05) is 33.1 Å². The zero-order chi connectivity index (χ0) is 9.94. The molecule has 0 bridgehead atoms. The Morgan fingerprint density at radius 3 is 2.62 bits per heavy atom. The Labute approximate surface area is 88.1 Å². The smallest absolute Gasteiger partial charge is 0.00153 e. The third kappa shape index (κ3) is 10.2. The zero-order valence-corrected chi connectivity index (χ0v) is 10.3. The van der Waals surface area contributed by atoms with Crippen LogP contribution in [0.1, 0.15) is 39.5 Å². The van der Waals surface area contributed by atoms with Crippen molar-refractivity contribution in [1.82, 2.24) is 5.32 Å². The average Bonchev–Trinajstić information content (AvgIpc) is 2.11. The Balaban J connectivity index is 2.97. The van der Waals surface area contributed by atoms with Gasteiger partial charge in [0.15, 0.2) is 0 Å². The monoisotopic (exact) mass is 203 g/mol. The molecule has 1 atom stereocenters. The summed E-state index contributed by atoms with van der Waals surface area (Å²) < 4.78 is 0. The lowest BCUT2D eigenvalue weighted by Gasteiger charge is -2.10. The first kappa shape index (κ1) is 13.3. The van der Waals surface area contributed by atoms with Gasteiger partial charge in [-0.2, -0.15) is 11.8 Å². The van der Waals surface area contributed by atoms with Gasteiger partial charge in [-0.05, 0) is 37.4 Å². The minimum atomic E-state index is 0.821. The van der Waals surface area contributed by atoms with Crippen LogP contribution >= 0.6 is 11.8 Å². The largest absolute Gasteiger partial charge is 0.316 e. The summed E-state index contributed by atoms with van der Waals surface area (Å²) >= 11 is 1.94. The van der Waals surface area contributed by atoms with Gasteiger partial charge in [0.05, 0.1) is 0 Å². The molecule has 1 nitrogen and oxygen atoms in total. The highest BCUT2D eigenvalue weighted by atomic mass is 32.2. The second-order valence-corrected chi connectivity index (χ2v) is 4.74. The van der Waals surface area contributed by atoms with Crippen molar-refractivity contribution in [2.75, 3.05) is 25.1 Å². The topological polar surface area (TPSA) is 12.0 Å².